The first-order valence-electron chi connectivity index (χ1n) is 7.74. The smallest absolute Gasteiger partial charge is 0.191 e. The lowest BCUT2D eigenvalue weighted by Crippen LogP contribution is -2.40. The summed E-state index contributed by atoms with van der Waals surface area (Å²) < 4.78 is 0. The normalized spacial score (nSPS) is 30.3. The Hall–Kier alpha value is -0.730. The van der Waals surface area contributed by atoms with Crippen molar-refractivity contribution in [3.8, 4) is 0 Å². The van der Waals surface area contributed by atoms with E-state index in [4.69, 9.17) is 4.99 Å². The van der Waals surface area contributed by atoms with Crippen LogP contribution in [0.4, 0.5) is 0 Å². The van der Waals surface area contributed by atoms with Gasteiger partial charge in [0.15, 0.2) is 5.96 Å². The lowest BCUT2D eigenvalue weighted by molar-refractivity contribution is 0.297. The van der Waals surface area contributed by atoms with Crippen LogP contribution >= 0.6 is 0 Å². The maximum atomic E-state index is 4.85. The monoisotopic (exact) mass is 251 g/mol. The zero-order valence-electron chi connectivity index (χ0n) is 12.3. The second-order valence-electron chi connectivity index (χ2n) is 6.22. The molecule has 2 aliphatic carbocycles. The first kappa shape index (κ1) is 13.7. The first-order valence-corrected chi connectivity index (χ1v) is 7.74. The van der Waals surface area contributed by atoms with Crippen molar-refractivity contribution in [1.29, 1.82) is 0 Å². The third-order valence-electron chi connectivity index (χ3n) is 4.76. The summed E-state index contributed by atoms with van der Waals surface area (Å²) in [5.74, 6) is 1.85. The van der Waals surface area contributed by atoms with Gasteiger partial charge in [0.25, 0.3) is 0 Å². The summed E-state index contributed by atoms with van der Waals surface area (Å²) in [7, 11) is 0. The molecule has 0 aliphatic heterocycles. The topological polar surface area (TPSA) is 36.4 Å². The molecule has 2 aliphatic rings. The molecule has 18 heavy (non-hydrogen) atoms. The van der Waals surface area contributed by atoms with E-state index in [1.54, 1.807) is 0 Å². The summed E-state index contributed by atoms with van der Waals surface area (Å²) in [5.41, 5.74) is 0.498. The molecule has 0 aromatic heterocycles. The highest BCUT2D eigenvalue weighted by molar-refractivity contribution is 5.80. The van der Waals surface area contributed by atoms with E-state index in [0.717, 1.165) is 25.0 Å². The molecule has 0 aromatic rings. The quantitative estimate of drug-likeness (QED) is 0.582. The predicted octanol–water partition coefficient (Wildman–Crippen LogP) is 2.92. The van der Waals surface area contributed by atoms with Crippen molar-refractivity contribution in [2.24, 2.45) is 16.3 Å². The van der Waals surface area contributed by atoms with E-state index in [-0.39, 0.29) is 0 Å². The SMILES string of the molecule is CCNC(=NCC1(CC)CCCC1)NC1CC1C. The van der Waals surface area contributed by atoms with Gasteiger partial charge < -0.3 is 10.6 Å². The largest absolute Gasteiger partial charge is 0.357 e. The minimum absolute atomic E-state index is 0.498. The van der Waals surface area contributed by atoms with Crippen LogP contribution in [0.1, 0.15) is 59.3 Å². The highest BCUT2D eigenvalue weighted by Crippen LogP contribution is 2.41. The van der Waals surface area contributed by atoms with Crippen LogP contribution in [0.5, 0.6) is 0 Å². The lowest BCUT2D eigenvalue weighted by atomic mass is 9.84. The molecule has 2 fully saturated rings. The van der Waals surface area contributed by atoms with Gasteiger partial charge in [-0.2, -0.15) is 0 Å². The molecule has 0 amide bonds. The Kier molecular flexibility index (Phi) is 4.52. The fourth-order valence-corrected chi connectivity index (χ4v) is 3.01. The first-order chi connectivity index (χ1) is 8.69. The maximum absolute atomic E-state index is 4.85. The van der Waals surface area contributed by atoms with E-state index >= 15 is 0 Å². The van der Waals surface area contributed by atoms with Gasteiger partial charge in [0, 0.05) is 19.1 Å². The van der Waals surface area contributed by atoms with E-state index in [0.29, 0.717) is 11.5 Å². The summed E-state index contributed by atoms with van der Waals surface area (Å²) in [6, 6.07) is 0.656. The Morgan fingerprint density at radius 3 is 2.44 bits per heavy atom. The van der Waals surface area contributed by atoms with E-state index in [2.05, 4.69) is 31.4 Å². The Bertz CT molecular complexity index is 292. The molecule has 2 atom stereocenters. The Balaban J connectivity index is 1.89. The van der Waals surface area contributed by atoms with Gasteiger partial charge in [-0.3, -0.25) is 4.99 Å². The van der Waals surface area contributed by atoms with Crippen LogP contribution in [-0.2, 0) is 0 Å². The molecule has 0 aromatic carbocycles. The van der Waals surface area contributed by atoms with Crippen molar-refractivity contribution in [1.82, 2.24) is 10.6 Å². The lowest BCUT2D eigenvalue weighted by Gasteiger charge is -2.25. The number of hydrogen-bond donors (Lipinski definition) is 2. The third kappa shape index (κ3) is 3.39. The molecule has 3 nitrogen and oxygen atoms in total. The molecule has 0 radical (unpaired) electrons. The van der Waals surface area contributed by atoms with Crippen molar-refractivity contribution in [3.63, 3.8) is 0 Å². The third-order valence-corrected chi connectivity index (χ3v) is 4.76. The highest BCUT2D eigenvalue weighted by Gasteiger charge is 2.34. The van der Waals surface area contributed by atoms with Crippen LogP contribution in [0, 0.1) is 11.3 Å². The molecule has 104 valence electrons. The summed E-state index contributed by atoms with van der Waals surface area (Å²) in [4.78, 5) is 4.85. The number of nitrogens with zero attached hydrogens (tertiary/aromatic N) is 1. The van der Waals surface area contributed by atoms with Crippen molar-refractivity contribution in [2.45, 2.75) is 65.3 Å². The molecule has 0 heterocycles. The van der Waals surface area contributed by atoms with Gasteiger partial charge in [-0.1, -0.05) is 26.7 Å². The zero-order valence-corrected chi connectivity index (χ0v) is 12.3. The summed E-state index contributed by atoms with van der Waals surface area (Å²) in [5, 5.41) is 6.92. The fraction of sp³-hybridized carbons (Fsp3) is 0.933. The van der Waals surface area contributed by atoms with E-state index < -0.39 is 0 Å². The standard InChI is InChI=1S/C15H29N3/c1-4-15(8-6-7-9-15)11-17-14(16-5-2)18-13-10-12(13)3/h12-13H,4-11H2,1-3H3,(H2,16,17,18). The average molecular weight is 251 g/mol. The van der Waals surface area contributed by atoms with Crippen molar-refractivity contribution >= 4 is 5.96 Å². The van der Waals surface area contributed by atoms with Crippen molar-refractivity contribution in [2.75, 3.05) is 13.1 Å². The van der Waals surface area contributed by atoms with Crippen molar-refractivity contribution in [3.05, 3.63) is 0 Å². The van der Waals surface area contributed by atoms with E-state index in [1.165, 1.54) is 38.5 Å². The predicted molar refractivity (Wildman–Crippen MR) is 77.9 cm³/mol. The molecule has 2 saturated carbocycles. The molecular formula is C15H29N3. The number of hydrogen-bond acceptors (Lipinski definition) is 1. The zero-order chi connectivity index (χ0) is 13.0. The fourth-order valence-electron chi connectivity index (χ4n) is 3.01. The number of rotatable bonds is 5. The van der Waals surface area contributed by atoms with Crippen LogP contribution < -0.4 is 10.6 Å². The van der Waals surface area contributed by atoms with Gasteiger partial charge in [-0.25, -0.2) is 0 Å². The molecule has 0 spiro atoms. The van der Waals surface area contributed by atoms with E-state index in [9.17, 15) is 0 Å². The Morgan fingerprint density at radius 1 is 1.28 bits per heavy atom. The maximum Gasteiger partial charge on any atom is 0.191 e. The van der Waals surface area contributed by atoms with Gasteiger partial charge in [0.05, 0.1) is 0 Å². The van der Waals surface area contributed by atoms with Gasteiger partial charge in [-0.15, -0.1) is 0 Å². The molecule has 3 heteroatoms. The number of aliphatic imine (C=N–C) groups is 1. The summed E-state index contributed by atoms with van der Waals surface area (Å²) >= 11 is 0. The van der Waals surface area contributed by atoms with Gasteiger partial charge in [-0.05, 0) is 43.9 Å². The van der Waals surface area contributed by atoms with E-state index in [1.807, 2.05) is 0 Å². The van der Waals surface area contributed by atoms with Crippen molar-refractivity contribution < 1.29 is 0 Å². The summed E-state index contributed by atoms with van der Waals surface area (Å²) in [6.07, 6.45) is 8.09. The molecule has 0 bridgehead atoms. The number of nitrogens with one attached hydrogen (secondary N) is 2. The van der Waals surface area contributed by atoms with Gasteiger partial charge in [0.2, 0.25) is 0 Å². The van der Waals surface area contributed by atoms with Crippen LogP contribution in [-0.4, -0.2) is 25.1 Å². The second kappa shape index (κ2) is 5.94. The van der Waals surface area contributed by atoms with Crippen LogP contribution in [0.3, 0.4) is 0 Å². The van der Waals surface area contributed by atoms with Crippen LogP contribution in [0.15, 0.2) is 4.99 Å². The second-order valence-corrected chi connectivity index (χ2v) is 6.22. The molecule has 2 rings (SSSR count). The van der Waals surface area contributed by atoms with Crippen LogP contribution in [0.25, 0.3) is 0 Å². The minimum atomic E-state index is 0.498. The molecular weight excluding hydrogens is 222 g/mol. The molecule has 0 saturated heterocycles. The molecule has 2 N–H and O–H groups in total. The van der Waals surface area contributed by atoms with Gasteiger partial charge >= 0.3 is 0 Å². The Morgan fingerprint density at radius 2 is 1.94 bits per heavy atom. The minimum Gasteiger partial charge on any atom is -0.357 e. The Labute approximate surface area is 112 Å². The highest BCUT2D eigenvalue weighted by atomic mass is 15.2. The number of guanidine groups is 1. The average Bonchev–Trinajstić information content (AvgIpc) is 2.89. The van der Waals surface area contributed by atoms with Crippen LogP contribution in [0.2, 0.25) is 0 Å². The van der Waals surface area contributed by atoms with Gasteiger partial charge in [0.1, 0.15) is 0 Å². The summed E-state index contributed by atoms with van der Waals surface area (Å²) in [6.45, 7) is 8.71. The molecule has 2 unspecified atom stereocenters.